The number of hydrogen-bond acceptors (Lipinski definition) is 7. The average molecular weight is 508 g/mol. The molecule has 0 aliphatic rings. The molecule has 0 unspecified atom stereocenters. The van der Waals surface area contributed by atoms with Crippen LogP contribution >= 0.6 is 0 Å². The van der Waals surface area contributed by atoms with Crippen LogP contribution in [-0.4, -0.2) is 44.1 Å². The molecular weight excluding hydrogens is 492 g/mol. The summed E-state index contributed by atoms with van der Waals surface area (Å²) in [7, 11) is -7.90. The summed E-state index contributed by atoms with van der Waals surface area (Å²) >= 11 is 0. The number of nitrogens with one attached hydrogen (secondary N) is 2. The van der Waals surface area contributed by atoms with E-state index in [2.05, 4.69) is 15.2 Å². The number of aromatic nitrogens is 3. The monoisotopic (exact) mass is 507 g/mol. The maximum Gasteiger partial charge on any atom is 0.238 e. The standard InChI is InChI=1S/C20H15F2N5O5S2/c1-33(29,30)27-18-15(21)7-6-13(16(18)22)19(28)17-14-8-11(9-24-20(14)26-25-17)10-2-4-12(5-3-10)34(23,31)32/h2-9,27H,1H3,(H2,23,31,32)(H,24,25,26). The van der Waals surface area contributed by atoms with Crippen LogP contribution in [0.5, 0.6) is 0 Å². The van der Waals surface area contributed by atoms with Crippen molar-refractivity contribution in [3.8, 4) is 11.1 Å². The van der Waals surface area contributed by atoms with Gasteiger partial charge in [-0.3, -0.25) is 14.6 Å². The van der Waals surface area contributed by atoms with Crippen LogP contribution < -0.4 is 9.86 Å². The molecular formula is C20H15F2N5O5S2. The highest BCUT2D eigenvalue weighted by atomic mass is 32.2. The minimum atomic E-state index is -4.02. The lowest BCUT2D eigenvalue weighted by atomic mass is 10.0. The Kier molecular flexibility index (Phi) is 5.67. The van der Waals surface area contributed by atoms with Gasteiger partial charge in [-0.2, -0.15) is 5.10 Å². The van der Waals surface area contributed by atoms with Gasteiger partial charge >= 0.3 is 0 Å². The number of pyridine rings is 1. The average Bonchev–Trinajstić information content (AvgIpc) is 3.18. The largest absolute Gasteiger partial charge is 0.287 e. The fraction of sp³-hybridized carbons (Fsp3) is 0.0500. The maximum atomic E-state index is 14.9. The lowest BCUT2D eigenvalue weighted by molar-refractivity contribution is 0.103. The van der Waals surface area contributed by atoms with E-state index in [0.29, 0.717) is 17.4 Å². The van der Waals surface area contributed by atoms with Crippen LogP contribution in [0.2, 0.25) is 0 Å². The van der Waals surface area contributed by atoms with Crippen molar-refractivity contribution in [2.45, 2.75) is 4.90 Å². The molecule has 4 aromatic rings. The molecule has 0 saturated carbocycles. The Labute approximate surface area is 191 Å². The first-order valence-electron chi connectivity index (χ1n) is 9.33. The summed E-state index contributed by atoms with van der Waals surface area (Å²) in [5.74, 6) is -3.53. The molecule has 0 atom stereocenters. The highest BCUT2D eigenvalue weighted by Gasteiger charge is 2.25. The predicted octanol–water partition coefficient (Wildman–Crippen LogP) is 2.15. The van der Waals surface area contributed by atoms with Gasteiger partial charge in [-0.15, -0.1) is 0 Å². The first kappa shape index (κ1) is 23.4. The lowest BCUT2D eigenvalue weighted by Gasteiger charge is -2.09. The molecule has 0 bridgehead atoms. The number of fused-ring (bicyclic) bond motifs is 1. The summed E-state index contributed by atoms with van der Waals surface area (Å²) < 4.78 is 76.4. The number of anilines is 1. The van der Waals surface area contributed by atoms with Crippen LogP contribution in [0.1, 0.15) is 16.1 Å². The summed E-state index contributed by atoms with van der Waals surface area (Å²) in [4.78, 5) is 17.1. The summed E-state index contributed by atoms with van der Waals surface area (Å²) in [6, 6.07) is 8.77. The number of nitrogens with two attached hydrogens (primary N) is 1. The number of aromatic amines is 1. The molecule has 0 spiro atoms. The fourth-order valence-corrected chi connectivity index (χ4v) is 4.28. The Hall–Kier alpha value is -3.75. The quantitative estimate of drug-likeness (QED) is 0.336. The van der Waals surface area contributed by atoms with Crippen LogP contribution in [0.3, 0.4) is 0 Å². The van der Waals surface area contributed by atoms with Gasteiger partial charge in [-0.25, -0.2) is 35.7 Å². The van der Waals surface area contributed by atoms with Crippen molar-refractivity contribution in [3.63, 3.8) is 0 Å². The molecule has 0 aliphatic heterocycles. The number of carbonyl (C=O) groups excluding carboxylic acids is 1. The van der Waals surface area contributed by atoms with Crippen molar-refractivity contribution in [2.24, 2.45) is 5.14 Å². The fourth-order valence-electron chi connectivity index (χ4n) is 3.21. The van der Waals surface area contributed by atoms with Gasteiger partial charge < -0.3 is 0 Å². The topological polar surface area (TPSA) is 165 Å². The maximum absolute atomic E-state index is 14.9. The van der Waals surface area contributed by atoms with Gasteiger partial charge in [0, 0.05) is 11.8 Å². The van der Waals surface area contributed by atoms with Gasteiger partial charge in [-0.05, 0) is 35.9 Å². The molecule has 10 nitrogen and oxygen atoms in total. The number of carbonyl (C=O) groups is 1. The molecule has 0 amide bonds. The summed E-state index contributed by atoms with van der Waals surface area (Å²) in [5, 5.41) is 11.7. The summed E-state index contributed by atoms with van der Waals surface area (Å²) in [5.41, 5.74) is -0.589. The molecule has 0 aliphatic carbocycles. The zero-order valence-electron chi connectivity index (χ0n) is 17.2. The lowest BCUT2D eigenvalue weighted by Crippen LogP contribution is -2.15. The molecule has 2 heterocycles. The number of rotatable bonds is 6. The molecule has 2 aromatic heterocycles. The Morgan fingerprint density at radius 1 is 1.03 bits per heavy atom. The predicted molar refractivity (Wildman–Crippen MR) is 119 cm³/mol. The molecule has 176 valence electrons. The van der Waals surface area contributed by atoms with E-state index < -0.39 is 48.7 Å². The Balaban J connectivity index is 1.78. The van der Waals surface area contributed by atoms with Gasteiger partial charge in [0.2, 0.25) is 25.8 Å². The summed E-state index contributed by atoms with van der Waals surface area (Å²) in [6.07, 6.45) is 2.16. The van der Waals surface area contributed by atoms with E-state index in [9.17, 15) is 30.4 Å². The first-order valence-corrected chi connectivity index (χ1v) is 12.8. The number of sulfonamides is 2. The van der Waals surface area contributed by atoms with E-state index >= 15 is 0 Å². The second-order valence-electron chi connectivity index (χ2n) is 7.25. The van der Waals surface area contributed by atoms with E-state index in [1.54, 1.807) is 4.72 Å². The molecule has 0 fully saturated rings. The van der Waals surface area contributed by atoms with Crippen molar-refractivity contribution >= 4 is 42.6 Å². The smallest absolute Gasteiger partial charge is 0.238 e. The number of primary sulfonamides is 1. The minimum Gasteiger partial charge on any atom is -0.287 e. The Morgan fingerprint density at radius 2 is 1.71 bits per heavy atom. The normalized spacial score (nSPS) is 12.1. The molecule has 0 radical (unpaired) electrons. The van der Waals surface area contributed by atoms with E-state index in [1.165, 1.54) is 36.5 Å². The highest BCUT2D eigenvalue weighted by Crippen LogP contribution is 2.28. The first-order chi connectivity index (χ1) is 15.8. The van der Waals surface area contributed by atoms with Gasteiger partial charge in [-0.1, -0.05) is 12.1 Å². The van der Waals surface area contributed by atoms with Gasteiger partial charge in [0.05, 0.1) is 22.1 Å². The van der Waals surface area contributed by atoms with Crippen molar-refractivity contribution in [1.82, 2.24) is 15.2 Å². The molecule has 0 saturated heterocycles. The molecule has 34 heavy (non-hydrogen) atoms. The van der Waals surface area contributed by atoms with Gasteiger partial charge in [0.25, 0.3) is 0 Å². The van der Waals surface area contributed by atoms with Crippen molar-refractivity contribution < 1.29 is 30.4 Å². The van der Waals surface area contributed by atoms with E-state index in [1.807, 2.05) is 0 Å². The Morgan fingerprint density at radius 3 is 2.32 bits per heavy atom. The Bertz CT molecular complexity index is 1670. The number of H-pyrrole nitrogens is 1. The van der Waals surface area contributed by atoms with Crippen LogP contribution in [-0.2, 0) is 20.0 Å². The third-order valence-electron chi connectivity index (χ3n) is 4.77. The SMILES string of the molecule is CS(=O)(=O)Nc1c(F)ccc(C(=O)c2n[nH]c3ncc(-c4ccc(S(N)(=O)=O)cc4)cc23)c1F. The van der Waals surface area contributed by atoms with Crippen molar-refractivity contribution in [3.05, 3.63) is 71.6 Å². The highest BCUT2D eigenvalue weighted by molar-refractivity contribution is 7.92. The second kappa shape index (κ2) is 8.23. The van der Waals surface area contributed by atoms with Crippen LogP contribution in [0, 0.1) is 11.6 Å². The van der Waals surface area contributed by atoms with Gasteiger partial charge in [0.1, 0.15) is 17.2 Å². The van der Waals surface area contributed by atoms with Crippen molar-refractivity contribution in [1.29, 1.82) is 0 Å². The third kappa shape index (κ3) is 4.50. The number of halogens is 2. The van der Waals surface area contributed by atoms with Crippen LogP contribution in [0.25, 0.3) is 22.2 Å². The van der Waals surface area contributed by atoms with Crippen LogP contribution in [0.15, 0.2) is 53.6 Å². The number of hydrogen-bond donors (Lipinski definition) is 3. The molecule has 4 N–H and O–H groups in total. The molecule has 4 rings (SSSR count). The number of ketones is 1. The molecule has 2 aromatic carbocycles. The van der Waals surface area contributed by atoms with E-state index in [0.717, 1.165) is 12.1 Å². The summed E-state index contributed by atoms with van der Waals surface area (Å²) in [6.45, 7) is 0. The molecule has 14 heteroatoms. The second-order valence-corrected chi connectivity index (χ2v) is 10.6. The third-order valence-corrected chi connectivity index (χ3v) is 6.28. The van der Waals surface area contributed by atoms with E-state index in [4.69, 9.17) is 5.14 Å². The minimum absolute atomic E-state index is 0.0882. The zero-order chi connectivity index (χ0) is 24.8. The number of nitrogens with zero attached hydrogens (tertiary/aromatic N) is 2. The van der Waals surface area contributed by atoms with Crippen LogP contribution in [0.4, 0.5) is 14.5 Å². The number of benzene rings is 2. The van der Waals surface area contributed by atoms with Gasteiger partial charge in [0.15, 0.2) is 11.5 Å². The van der Waals surface area contributed by atoms with E-state index in [-0.39, 0.29) is 21.6 Å². The van der Waals surface area contributed by atoms with Crippen molar-refractivity contribution in [2.75, 3.05) is 11.0 Å². The zero-order valence-corrected chi connectivity index (χ0v) is 18.8.